The van der Waals surface area contributed by atoms with Gasteiger partial charge >= 0.3 is 0 Å². The SMILES string of the molecule is COc1cc(C)c(C(Cl)CN2CCCC(C)C2)c(C)c1. The van der Waals surface area contributed by atoms with Gasteiger partial charge in [-0.1, -0.05) is 6.92 Å². The van der Waals surface area contributed by atoms with E-state index in [1.807, 2.05) is 0 Å². The molecule has 3 heteroatoms. The van der Waals surface area contributed by atoms with E-state index in [9.17, 15) is 0 Å². The first-order valence-corrected chi connectivity index (χ1v) is 7.96. The van der Waals surface area contributed by atoms with Crippen molar-refractivity contribution in [3.8, 4) is 5.75 Å². The van der Waals surface area contributed by atoms with Gasteiger partial charge in [-0.2, -0.15) is 0 Å². The lowest BCUT2D eigenvalue weighted by Crippen LogP contribution is -2.36. The lowest BCUT2D eigenvalue weighted by molar-refractivity contribution is 0.184. The first-order valence-electron chi connectivity index (χ1n) is 7.52. The first kappa shape index (κ1) is 15.7. The second-order valence-corrected chi connectivity index (χ2v) is 6.68. The molecule has 0 amide bonds. The van der Waals surface area contributed by atoms with Crippen molar-refractivity contribution in [3.63, 3.8) is 0 Å². The number of rotatable bonds is 4. The van der Waals surface area contributed by atoms with Gasteiger partial charge < -0.3 is 9.64 Å². The number of halogens is 1. The quantitative estimate of drug-likeness (QED) is 0.767. The minimum absolute atomic E-state index is 0.0613. The molecule has 1 aliphatic rings. The molecule has 1 fully saturated rings. The number of nitrogens with zero attached hydrogens (tertiary/aromatic N) is 1. The molecule has 0 spiro atoms. The largest absolute Gasteiger partial charge is 0.497 e. The van der Waals surface area contributed by atoms with Gasteiger partial charge in [-0.05, 0) is 68.0 Å². The number of alkyl halides is 1. The van der Waals surface area contributed by atoms with E-state index in [4.69, 9.17) is 16.3 Å². The lowest BCUT2D eigenvalue weighted by Gasteiger charge is -2.32. The van der Waals surface area contributed by atoms with Crippen molar-refractivity contribution in [1.29, 1.82) is 0 Å². The lowest BCUT2D eigenvalue weighted by atomic mass is 9.96. The summed E-state index contributed by atoms with van der Waals surface area (Å²) in [4.78, 5) is 2.51. The predicted molar refractivity (Wildman–Crippen MR) is 85.9 cm³/mol. The van der Waals surface area contributed by atoms with E-state index < -0.39 is 0 Å². The molecule has 1 heterocycles. The van der Waals surface area contributed by atoms with Crippen LogP contribution in [0.2, 0.25) is 0 Å². The maximum absolute atomic E-state index is 6.71. The third kappa shape index (κ3) is 3.67. The Balaban J connectivity index is 2.10. The molecule has 2 rings (SSSR count). The molecule has 1 aromatic rings. The molecule has 1 aliphatic heterocycles. The summed E-state index contributed by atoms with van der Waals surface area (Å²) in [6, 6.07) is 4.16. The van der Waals surface area contributed by atoms with Gasteiger partial charge in [0.2, 0.25) is 0 Å². The second-order valence-electron chi connectivity index (χ2n) is 6.15. The Labute approximate surface area is 128 Å². The van der Waals surface area contributed by atoms with E-state index >= 15 is 0 Å². The minimum Gasteiger partial charge on any atom is -0.497 e. The zero-order valence-corrected chi connectivity index (χ0v) is 13.8. The highest BCUT2D eigenvalue weighted by atomic mass is 35.5. The van der Waals surface area contributed by atoms with Crippen molar-refractivity contribution in [3.05, 3.63) is 28.8 Å². The van der Waals surface area contributed by atoms with Crippen LogP contribution in [0.5, 0.6) is 5.75 Å². The minimum atomic E-state index is 0.0613. The van der Waals surface area contributed by atoms with E-state index in [0.717, 1.165) is 18.2 Å². The van der Waals surface area contributed by atoms with Crippen LogP contribution in [0.4, 0.5) is 0 Å². The van der Waals surface area contributed by atoms with Crippen LogP contribution in [-0.4, -0.2) is 31.6 Å². The van der Waals surface area contributed by atoms with Crippen molar-refractivity contribution < 1.29 is 4.74 Å². The third-order valence-corrected chi connectivity index (χ3v) is 4.63. The number of methoxy groups -OCH3 is 1. The van der Waals surface area contributed by atoms with Crippen molar-refractivity contribution >= 4 is 11.6 Å². The van der Waals surface area contributed by atoms with Crippen LogP contribution < -0.4 is 4.74 Å². The summed E-state index contributed by atoms with van der Waals surface area (Å²) in [6.07, 6.45) is 2.65. The van der Waals surface area contributed by atoms with Gasteiger partial charge in [0.15, 0.2) is 0 Å². The summed E-state index contributed by atoms with van der Waals surface area (Å²) < 4.78 is 5.32. The van der Waals surface area contributed by atoms with Crippen molar-refractivity contribution in [2.24, 2.45) is 5.92 Å². The fourth-order valence-corrected chi connectivity index (χ4v) is 3.86. The molecule has 112 valence electrons. The molecule has 0 aliphatic carbocycles. The van der Waals surface area contributed by atoms with Crippen LogP contribution in [-0.2, 0) is 0 Å². The molecule has 2 atom stereocenters. The van der Waals surface area contributed by atoms with Crippen molar-refractivity contribution in [1.82, 2.24) is 4.90 Å². The van der Waals surface area contributed by atoms with Crippen molar-refractivity contribution in [2.75, 3.05) is 26.7 Å². The van der Waals surface area contributed by atoms with Crippen molar-refractivity contribution in [2.45, 2.75) is 39.0 Å². The third-order valence-electron chi connectivity index (χ3n) is 4.28. The van der Waals surface area contributed by atoms with Crippen LogP contribution in [0.25, 0.3) is 0 Å². The number of hydrogen-bond acceptors (Lipinski definition) is 2. The molecule has 1 aromatic carbocycles. The van der Waals surface area contributed by atoms with Gasteiger partial charge in [0.1, 0.15) is 5.75 Å². The highest BCUT2D eigenvalue weighted by Crippen LogP contribution is 2.32. The number of likely N-dealkylation sites (tertiary alicyclic amines) is 1. The fraction of sp³-hybridized carbons (Fsp3) is 0.647. The Morgan fingerprint density at radius 2 is 2.00 bits per heavy atom. The van der Waals surface area contributed by atoms with Gasteiger partial charge in [-0.25, -0.2) is 0 Å². The average Bonchev–Trinajstić information content (AvgIpc) is 2.37. The Kier molecular flexibility index (Phi) is 5.34. The van der Waals surface area contributed by atoms with Gasteiger partial charge in [0.05, 0.1) is 12.5 Å². The van der Waals surface area contributed by atoms with Crippen LogP contribution in [0, 0.1) is 19.8 Å². The van der Waals surface area contributed by atoms with Gasteiger partial charge in [-0.3, -0.25) is 0 Å². The molecule has 0 aromatic heterocycles. The van der Waals surface area contributed by atoms with Gasteiger partial charge in [-0.15, -0.1) is 11.6 Å². The fourth-order valence-electron chi connectivity index (χ4n) is 3.32. The molecule has 2 nitrogen and oxygen atoms in total. The van der Waals surface area contributed by atoms with Crippen LogP contribution in [0.1, 0.15) is 41.8 Å². The van der Waals surface area contributed by atoms with E-state index in [2.05, 4.69) is 37.8 Å². The van der Waals surface area contributed by atoms with Crippen LogP contribution >= 0.6 is 11.6 Å². The zero-order chi connectivity index (χ0) is 14.7. The maximum Gasteiger partial charge on any atom is 0.119 e. The molecule has 0 N–H and O–H groups in total. The van der Waals surface area contributed by atoms with E-state index in [1.165, 1.54) is 42.6 Å². The van der Waals surface area contributed by atoms with E-state index in [1.54, 1.807) is 7.11 Å². The molecular formula is C17H26ClNO. The summed E-state index contributed by atoms with van der Waals surface area (Å²) >= 11 is 6.71. The Hall–Kier alpha value is -0.730. The normalized spacial score (nSPS) is 21.8. The molecule has 0 saturated carbocycles. The number of hydrogen-bond donors (Lipinski definition) is 0. The van der Waals surface area contributed by atoms with E-state index in [0.29, 0.717) is 0 Å². The van der Waals surface area contributed by atoms with Crippen LogP contribution in [0.3, 0.4) is 0 Å². The Morgan fingerprint density at radius 1 is 1.35 bits per heavy atom. The van der Waals surface area contributed by atoms with Gasteiger partial charge in [0.25, 0.3) is 0 Å². The Morgan fingerprint density at radius 3 is 2.55 bits per heavy atom. The average molecular weight is 296 g/mol. The number of benzene rings is 1. The topological polar surface area (TPSA) is 12.5 Å². The highest BCUT2D eigenvalue weighted by molar-refractivity contribution is 6.21. The smallest absolute Gasteiger partial charge is 0.119 e. The highest BCUT2D eigenvalue weighted by Gasteiger charge is 2.22. The molecule has 1 saturated heterocycles. The summed E-state index contributed by atoms with van der Waals surface area (Å²) in [5.74, 6) is 1.71. The molecular weight excluding hydrogens is 270 g/mol. The molecule has 0 bridgehead atoms. The maximum atomic E-state index is 6.71. The number of ether oxygens (including phenoxy) is 1. The summed E-state index contributed by atoms with van der Waals surface area (Å²) in [5.41, 5.74) is 3.73. The summed E-state index contributed by atoms with van der Waals surface area (Å²) in [7, 11) is 1.71. The standard InChI is InChI=1S/C17H26ClNO/c1-12-6-5-7-19(10-12)11-16(18)17-13(2)8-15(20-4)9-14(17)3/h8-9,12,16H,5-7,10-11H2,1-4H3. The molecule has 0 radical (unpaired) electrons. The first-order chi connectivity index (χ1) is 9.51. The predicted octanol–water partition coefficient (Wildman–Crippen LogP) is 4.32. The second kappa shape index (κ2) is 6.82. The van der Waals surface area contributed by atoms with E-state index in [-0.39, 0.29) is 5.38 Å². The summed E-state index contributed by atoms with van der Waals surface area (Å²) in [5, 5.41) is 0.0613. The molecule has 20 heavy (non-hydrogen) atoms. The molecule has 2 unspecified atom stereocenters. The number of piperidine rings is 1. The van der Waals surface area contributed by atoms with Gasteiger partial charge in [0, 0.05) is 13.1 Å². The van der Waals surface area contributed by atoms with Crippen LogP contribution in [0.15, 0.2) is 12.1 Å². The Bertz CT molecular complexity index is 437. The summed E-state index contributed by atoms with van der Waals surface area (Å²) in [6.45, 7) is 9.89. The monoisotopic (exact) mass is 295 g/mol. The zero-order valence-electron chi connectivity index (χ0n) is 13.1. The number of aryl methyl sites for hydroxylation is 2.